The van der Waals surface area contributed by atoms with Gasteiger partial charge in [-0.2, -0.15) is 4.98 Å². The lowest BCUT2D eigenvalue weighted by atomic mass is 9.92. The monoisotopic (exact) mass is 471 g/mol. The first-order valence-corrected chi connectivity index (χ1v) is 11.3. The number of guanidine groups is 1. The van der Waals surface area contributed by atoms with Gasteiger partial charge in [-0.25, -0.2) is 9.18 Å². The van der Waals surface area contributed by atoms with Crippen LogP contribution in [0.15, 0.2) is 46.3 Å². The Hall–Kier alpha value is -3.24. The third-order valence-electron chi connectivity index (χ3n) is 5.36. The van der Waals surface area contributed by atoms with E-state index in [1.165, 1.54) is 12.1 Å². The van der Waals surface area contributed by atoms with Crippen molar-refractivity contribution in [3.63, 3.8) is 0 Å². The van der Waals surface area contributed by atoms with Crippen LogP contribution in [0.1, 0.15) is 38.4 Å². The third-order valence-corrected chi connectivity index (χ3v) is 5.36. The number of halogens is 1. The van der Waals surface area contributed by atoms with E-state index in [2.05, 4.69) is 41.0 Å². The highest BCUT2D eigenvalue weighted by molar-refractivity contribution is 5.76. The van der Waals surface area contributed by atoms with Crippen molar-refractivity contribution in [3.05, 3.63) is 64.1 Å². The van der Waals surface area contributed by atoms with Crippen molar-refractivity contribution in [2.45, 2.75) is 51.9 Å². The van der Waals surface area contributed by atoms with Crippen molar-refractivity contribution >= 4 is 17.0 Å². The van der Waals surface area contributed by atoms with Gasteiger partial charge < -0.3 is 26.5 Å². The van der Waals surface area contributed by atoms with Gasteiger partial charge in [0.2, 0.25) is 0 Å². The maximum Gasteiger partial charge on any atom is 0.349 e. The summed E-state index contributed by atoms with van der Waals surface area (Å²) in [5, 5.41) is 4.20. The Morgan fingerprint density at radius 2 is 2.03 bits per heavy atom. The summed E-state index contributed by atoms with van der Waals surface area (Å²) in [7, 11) is 0. The number of rotatable bonds is 11. The van der Waals surface area contributed by atoms with Crippen LogP contribution in [0.5, 0.6) is 0 Å². The normalized spacial score (nSPS) is 12.7. The molecule has 10 heteroatoms. The Labute approximate surface area is 198 Å². The molecule has 6 N–H and O–H groups in total. The van der Waals surface area contributed by atoms with E-state index in [0.717, 1.165) is 23.1 Å². The largest absolute Gasteiger partial charge is 0.370 e. The lowest BCUT2D eigenvalue weighted by Crippen LogP contribution is -2.36. The number of hydrogen-bond acceptors (Lipinski definition) is 5. The predicted molar refractivity (Wildman–Crippen MR) is 132 cm³/mol. The van der Waals surface area contributed by atoms with Gasteiger partial charge in [-0.05, 0) is 36.7 Å². The van der Waals surface area contributed by atoms with Gasteiger partial charge in [-0.3, -0.25) is 9.56 Å². The summed E-state index contributed by atoms with van der Waals surface area (Å²) in [5.41, 5.74) is 12.7. The average Bonchev–Trinajstić information content (AvgIpc) is 3.18. The van der Waals surface area contributed by atoms with Crippen LogP contribution in [0.2, 0.25) is 0 Å². The summed E-state index contributed by atoms with van der Waals surface area (Å²) in [6.07, 6.45) is 2.25. The average molecular weight is 472 g/mol. The van der Waals surface area contributed by atoms with Crippen molar-refractivity contribution in [2.75, 3.05) is 19.6 Å². The Morgan fingerprint density at radius 3 is 2.71 bits per heavy atom. The zero-order valence-electron chi connectivity index (χ0n) is 20.0. The highest BCUT2D eigenvalue weighted by Gasteiger charge is 2.18. The number of H-pyrrole nitrogens is 1. The first kappa shape index (κ1) is 25.4. The Kier molecular flexibility index (Phi) is 8.41. The van der Waals surface area contributed by atoms with E-state index in [1.807, 2.05) is 12.3 Å². The summed E-state index contributed by atoms with van der Waals surface area (Å²) in [5.74, 6) is -0.225. The van der Waals surface area contributed by atoms with E-state index in [0.29, 0.717) is 38.4 Å². The van der Waals surface area contributed by atoms with Crippen LogP contribution >= 0.6 is 0 Å². The second-order valence-corrected chi connectivity index (χ2v) is 9.34. The van der Waals surface area contributed by atoms with Crippen LogP contribution in [-0.2, 0) is 23.3 Å². The Balaban J connectivity index is 1.71. The fourth-order valence-corrected chi connectivity index (χ4v) is 3.43. The second-order valence-electron chi connectivity index (χ2n) is 9.34. The molecule has 1 unspecified atom stereocenters. The van der Waals surface area contributed by atoms with Gasteiger partial charge in [0.15, 0.2) is 5.96 Å². The van der Waals surface area contributed by atoms with Crippen LogP contribution in [-0.4, -0.2) is 46.2 Å². The minimum atomic E-state index is -0.349. The maximum atomic E-state index is 13.2. The van der Waals surface area contributed by atoms with Crippen molar-refractivity contribution in [2.24, 2.45) is 16.5 Å². The highest BCUT2D eigenvalue weighted by Crippen LogP contribution is 2.24. The van der Waals surface area contributed by atoms with E-state index in [-0.39, 0.29) is 29.0 Å². The summed E-state index contributed by atoms with van der Waals surface area (Å²) in [6, 6.07) is 8.19. The molecule has 0 aliphatic carbocycles. The molecule has 2 aromatic heterocycles. The van der Waals surface area contributed by atoms with E-state index in [4.69, 9.17) is 16.2 Å². The van der Waals surface area contributed by atoms with Gasteiger partial charge in [-0.15, -0.1) is 0 Å². The second kappa shape index (κ2) is 11.3. The molecule has 0 fully saturated rings. The molecule has 9 nitrogen and oxygen atoms in total. The number of aromatic amines is 1. The molecule has 3 aromatic rings. The quantitative estimate of drug-likeness (QED) is 0.192. The van der Waals surface area contributed by atoms with Gasteiger partial charge >= 0.3 is 5.69 Å². The molecule has 0 spiro atoms. The lowest BCUT2D eigenvalue weighted by molar-refractivity contribution is 0.0289. The molecule has 0 amide bonds. The molecule has 0 bridgehead atoms. The number of nitrogens with one attached hydrogen (secondary N) is 2. The molecule has 3 rings (SSSR count). The van der Waals surface area contributed by atoms with Gasteiger partial charge in [0, 0.05) is 35.8 Å². The van der Waals surface area contributed by atoms with Crippen molar-refractivity contribution in [3.8, 4) is 0 Å². The van der Waals surface area contributed by atoms with E-state index >= 15 is 0 Å². The molecular formula is C24H34FN7O2. The minimum Gasteiger partial charge on any atom is -0.370 e. The van der Waals surface area contributed by atoms with Crippen molar-refractivity contribution < 1.29 is 9.13 Å². The Bertz CT molecular complexity index is 1160. The van der Waals surface area contributed by atoms with E-state index < -0.39 is 0 Å². The summed E-state index contributed by atoms with van der Waals surface area (Å²) < 4.78 is 20.9. The Morgan fingerprint density at radius 1 is 1.29 bits per heavy atom. The van der Waals surface area contributed by atoms with Gasteiger partial charge in [0.25, 0.3) is 0 Å². The van der Waals surface area contributed by atoms with Crippen LogP contribution in [0.4, 0.5) is 4.39 Å². The standard InChI is InChI=1S/C24H34FN7O2/c1-24(2,3)20-11-17-13-32(23(33)31-21(17)30-20)14-19(12-28-9-4-10-29-22(26)27)34-15-16-5-7-18(25)8-6-16/h5-8,11,13,19,28H,4,9-10,12,14-15H2,1-3H3,(H4,26,27,29)(H,30,31,33). The molecule has 1 atom stereocenters. The molecule has 2 heterocycles. The van der Waals surface area contributed by atoms with Gasteiger partial charge in [-0.1, -0.05) is 32.9 Å². The number of aromatic nitrogens is 3. The van der Waals surface area contributed by atoms with Crippen molar-refractivity contribution in [1.29, 1.82) is 0 Å². The van der Waals surface area contributed by atoms with E-state index in [9.17, 15) is 9.18 Å². The highest BCUT2D eigenvalue weighted by atomic mass is 19.1. The molecule has 0 saturated heterocycles. The minimum absolute atomic E-state index is 0.0714. The zero-order chi connectivity index (χ0) is 24.7. The predicted octanol–water partition coefficient (Wildman–Crippen LogP) is 2.00. The van der Waals surface area contributed by atoms with E-state index in [1.54, 1.807) is 16.7 Å². The number of fused-ring (bicyclic) bond motifs is 1. The third kappa shape index (κ3) is 7.39. The lowest BCUT2D eigenvalue weighted by Gasteiger charge is -2.20. The molecule has 184 valence electrons. The topological polar surface area (TPSA) is 136 Å². The number of nitrogens with two attached hydrogens (primary N) is 2. The summed E-state index contributed by atoms with van der Waals surface area (Å²) in [4.78, 5) is 24.1. The summed E-state index contributed by atoms with van der Waals surface area (Å²) in [6.45, 7) is 8.63. The van der Waals surface area contributed by atoms with Crippen LogP contribution in [0.3, 0.4) is 0 Å². The SMILES string of the molecule is CC(C)(C)c1cc2cn(CC(CNCCCN=C(N)N)OCc3ccc(F)cc3)c(=O)nc2[nH]1. The van der Waals surface area contributed by atoms with Gasteiger partial charge in [0.1, 0.15) is 11.5 Å². The smallest absolute Gasteiger partial charge is 0.349 e. The maximum absolute atomic E-state index is 13.2. The number of aliphatic imine (C=N–C) groups is 1. The number of nitrogens with zero attached hydrogens (tertiary/aromatic N) is 3. The van der Waals surface area contributed by atoms with Crippen LogP contribution in [0.25, 0.3) is 11.0 Å². The first-order valence-electron chi connectivity index (χ1n) is 11.3. The van der Waals surface area contributed by atoms with Crippen LogP contribution < -0.4 is 22.5 Å². The number of benzene rings is 1. The van der Waals surface area contributed by atoms with Crippen LogP contribution in [0, 0.1) is 5.82 Å². The number of hydrogen-bond donors (Lipinski definition) is 4. The molecule has 0 aliphatic rings. The molecular weight excluding hydrogens is 437 g/mol. The van der Waals surface area contributed by atoms with Crippen molar-refractivity contribution in [1.82, 2.24) is 19.9 Å². The zero-order valence-corrected chi connectivity index (χ0v) is 20.0. The molecule has 34 heavy (non-hydrogen) atoms. The molecule has 1 aromatic carbocycles. The number of ether oxygens (including phenoxy) is 1. The molecule has 0 radical (unpaired) electrons. The fraction of sp³-hybridized carbons (Fsp3) is 0.458. The first-order chi connectivity index (χ1) is 16.1. The molecule has 0 aliphatic heterocycles. The van der Waals surface area contributed by atoms with Gasteiger partial charge in [0.05, 0.1) is 19.3 Å². The molecule has 0 saturated carbocycles. The fourth-order valence-electron chi connectivity index (χ4n) is 3.43. The summed E-state index contributed by atoms with van der Waals surface area (Å²) >= 11 is 0.